The summed E-state index contributed by atoms with van der Waals surface area (Å²) in [5.74, 6) is -0.166. The molecule has 2 unspecified atom stereocenters. The number of hydrogen-bond donors (Lipinski definition) is 1. The molecule has 3 aliphatic rings. The molecule has 4 nitrogen and oxygen atoms in total. The van der Waals surface area contributed by atoms with Crippen molar-refractivity contribution in [1.82, 2.24) is 0 Å². The summed E-state index contributed by atoms with van der Waals surface area (Å²) in [6.07, 6.45) is 9.80. The maximum atomic E-state index is 12.7. The predicted molar refractivity (Wildman–Crippen MR) is 81.7 cm³/mol. The third-order valence-electron chi connectivity index (χ3n) is 5.52. The van der Waals surface area contributed by atoms with Gasteiger partial charge in [0.2, 0.25) is 0 Å². The molecule has 0 bridgehead atoms. The van der Waals surface area contributed by atoms with Gasteiger partial charge in [0, 0.05) is 28.4 Å². The molecule has 5 heteroatoms. The largest absolute Gasteiger partial charge is 0.481 e. The topological polar surface area (TPSA) is 63.6 Å². The van der Waals surface area contributed by atoms with Crippen molar-refractivity contribution in [3.8, 4) is 0 Å². The van der Waals surface area contributed by atoms with E-state index in [1.807, 2.05) is 0 Å². The zero-order valence-electron chi connectivity index (χ0n) is 12.6. The van der Waals surface area contributed by atoms with Gasteiger partial charge in [-0.25, -0.2) is 0 Å². The summed E-state index contributed by atoms with van der Waals surface area (Å²) in [5, 5.41) is 9.20. The van der Waals surface area contributed by atoms with E-state index in [0.29, 0.717) is 5.75 Å². The molecule has 0 aromatic carbocycles. The highest BCUT2D eigenvalue weighted by atomic mass is 32.2. The van der Waals surface area contributed by atoms with Crippen LogP contribution < -0.4 is 0 Å². The summed E-state index contributed by atoms with van der Waals surface area (Å²) in [4.78, 5) is 10.9. The quantitative estimate of drug-likeness (QED) is 0.847. The van der Waals surface area contributed by atoms with Crippen LogP contribution in [0.3, 0.4) is 0 Å². The van der Waals surface area contributed by atoms with Crippen LogP contribution in [0.2, 0.25) is 0 Å². The molecule has 1 saturated heterocycles. The Bertz CT molecular complexity index is 418. The van der Waals surface area contributed by atoms with Crippen molar-refractivity contribution in [3.63, 3.8) is 0 Å². The molecule has 1 spiro atoms. The van der Waals surface area contributed by atoms with E-state index in [9.17, 15) is 9.00 Å². The molecular weight excluding hydrogens is 288 g/mol. The predicted octanol–water partition coefficient (Wildman–Crippen LogP) is 2.87. The molecule has 2 saturated carbocycles. The molecule has 0 radical (unpaired) electrons. The Kier molecular flexibility index (Phi) is 4.42. The Morgan fingerprint density at radius 2 is 1.90 bits per heavy atom. The van der Waals surface area contributed by atoms with E-state index in [4.69, 9.17) is 9.84 Å². The second kappa shape index (κ2) is 5.99. The Labute approximate surface area is 129 Å². The van der Waals surface area contributed by atoms with Gasteiger partial charge in [0.25, 0.3) is 0 Å². The van der Waals surface area contributed by atoms with E-state index in [1.54, 1.807) is 0 Å². The Morgan fingerprint density at radius 1 is 1.19 bits per heavy atom. The first-order valence-electron chi connectivity index (χ1n) is 8.26. The van der Waals surface area contributed by atoms with Gasteiger partial charge in [0.15, 0.2) is 0 Å². The van der Waals surface area contributed by atoms with Crippen molar-refractivity contribution in [3.05, 3.63) is 0 Å². The molecule has 0 amide bonds. The second-order valence-electron chi connectivity index (χ2n) is 7.30. The van der Waals surface area contributed by atoms with Crippen LogP contribution in [0.25, 0.3) is 0 Å². The minimum atomic E-state index is -0.901. The average Bonchev–Trinajstić information content (AvgIpc) is 3.18. The molecule has 0 aromatic rings. The van der Waals surface area contributed by atoms with Gasteiger partial charge in [-0.3, -0.25) is 9.00 Å². The van der Waals surface area contributed by atoms with Crippen LogP contribution in [-0.4, -0.2) is 38.5 Å². The molecule has 1 N–H and O–H groups in total. The fourth-order valence-electron chi connectivity index (χ4n) is 4.04. The number of ether oxygens (including phenoxy) is 1. The van der Waals surface area contributed by atoms with Crippen LogP contribution in [0.15, 0.2) is 0 Å². The molecule has 0 aromatic heterocycles. The number of aliphatic carboxylic acids is 1. The molecular formula is C16H26O4S. The Hall–Kier alpha value is -0.420. The third-order valence-corrected chi connectivity index (χ3v) is 7.56. The van der Waals surface area contributed by atoms with Crippen molar-refractivity contribution >= 4 is 16.8 Å². The number of carboxylic acids is 1. The van der Waals surface area contributed by atoms with Crippen LogP contribution in [0.1, 0.15) is 64.2 Å². The molecule has 1 heterocycles. The first-order valence-corrected chi connectivity index (χ1v) is 9.64. The van der Waals surface area contributed by atoms with Gasteiger partial charge < -0.3 is 9.84 Å². The summed E-state index contributed by atoms with van der Waals surface area (Å²) in [5.41, 5.74) is -0.172. The monoisotopic (exact) mass is 314 g/mol. The number of carbonyl (C=O) groups is 1. The fourth-order valence-corrected chi connectivity index (χ4v) is 6.12. The van der Waals surface area contributed by atoms with Crippen molar-refractivity contribution < 1.29 is 18.8 Å². The fraction of sp³-hybridized carbons (Fsp3) is 0.938. The molecule has 120 valence electrons. The Morgan fingerprint density at radius 3 is 2.52 bits per heavy atom. The summed E-state index contributed by atoms with van der Waals surface area (Å²) in [7, 11) is -0.901. The van der Waals surface area contributed by atoms with Crippen LogP contribution in [0.5, 0.6) is 0 Å². The number of carboxylic acid groups (broad SMARTS) is 1. The molecule has 3 rings (SSSR count). The van der Waals surface area contributed by atoms with Crippen molar-refractivity contribution in [2.75, 3.05) is 12.4 Å². The highest BCUT2D eigenvalue weighted by Gasteiger charge is 2.48. The zero-order chi connectivity index (χ0) is 14.9. The standard InChI is InChI=1S/C16H26O4S/c17-14(18)11-15(7-8-15)12-21(19)13-4-9-20-16(10-13)5-2-1-3-6-16/h13H,1-12H2,(H,17,18). The maximum absolute atomic E-state index is 12.7. The van der Waals surface area contributed by atoms with Crippen molar-refractivity contribution in [2.45, 2.75) is 75.1 Å². The third kappa shape index (κ3) is 3.67. The van der Waals surface area contributed by atoms with Gasteiger partial charge in [0.1, 0.15) is 0 Å². The van der Waals surface area contributed by atoms with E-state index < -0.39 is 16.8 Å². The van der Waals surface area contributed by atoms with Gasteiger partial charge in [-0.05, 0) is 43.9 Å². The first-order chi connectivity index (χ1) is 10.0. The van der Waals surface area contributed by atoms with Gasteiger partial charge in [0.05, 0.1) is 12.0 Å². The van der Waals surface area contributed by atoms with E-state index in [-0.39, 0.29) is 22.7 Å². The van der Waals surface area contributed by atoms with Crippen LogP contribution in [0, 0.1) is 5.41 Å². The number of rotatable bonds is 5. The first kappa shape index (κ1) is 15.5. The molecule has 21 heavy (non-hydrogen) atoms. The highest BCUT2D eigenvalue weighted by molar-refractivity contribution is 7.85. The lowest BCUT2D eigenvalue weighted by atomic mass is 9.80. The summed E-state index contributed by atoms with van der Waals surface area (Å²) >= 11 is 0. The van der Waals surface area contributed by atoms with Crippen LogP contribution in [0.4, 0.5) is 0 Å². The minimum absolute atomic E-state index is 0.0136. The maximum Gasteiger partial charge on any atom is 0.303 e. The summed E-state index contributed by atoms with van der Waals surface area (Å²) in [6.45, 7) is 0.725. The molecule has 2 aliphatic carbocycles. The van der Waals surface area contributed by atoms with Gasteiger partial charge >= 0.3 is 5.97 Å². The second-order valence-corrected chi connectivity index (χ2v) is 9.02. The van der Waals surface area contributed by atoms with Crippen LogP contribution in [-0.2, 0) is 20.3 Å². The number of hydrogen-bond acceptors (Lipinski definition) is 3. The lowest BCUT2D eigenvalue weighted by molar-refractivity contribution is -0.138. The smallest absolute Gasteiger partial charge is 0.303 e. The molecule has 3 fully saturated rings. The van der Waals surface area contributed by atoms with E-state index in [2.05, 4.69) is 0 Å². The lowest BCUT2D eigenvalue weighted by Gasteiger charge is -2.43. The van der Waals surface area contributed by atoms with Gasteiger partial charge in [-0.2, -0.15) is 0 Å². The Balaban J connectivity index is 1.58. The normalized spacial score (nSPS) is 31.7. The molecule has 1 aliphatic heterocycles. The zero-order valence-corrected chi connectivity index (χ0v) is 13.5. The average molecular weight is 314 g/mol. The van der Waals surface area contributed by atoms with Crippen LogP contribution >= 0.6 is 0 Å². The van der Waals surface area contributed by atoms with Crippen molar-refractivity contribution in [2.24, 2.45) is 5.41 Å². The SMILES string of the molecule is O=C(O)CC1(CS(=O)C2CCOC3(CCCCC3)C2)CC1. The van der Waals surface area contributed by atoms with E-state index >= 15 is 0 Å². The van der Waals surface area contributed by atoms with E-state index in [0.717, 1.165) is 45.1 Å². The van der Waals surface area contributed by atoms with Gasteiger partial charge in [-0.1, -0.05) is 19.3 Å². The summed E-state index contributed by atoms with van der Waals surface area (Å²) < 4.78 is 18.8. The van der Waals surface area contributed by atoms with Crippen molar-refractivity contribution in [1.29, 1.82) is 0 Å². The minimum Gasteiger partial charge on any atom is -0.481 e. The van der Waals surface area contributed by atoms with Gasteiger partial charge in [-0.15, -0.1) is 0 Å². The lowest BCUT2D eigenvalue weighted by Crippen LogP contribution is -2.45. The van der Waals surface area contributed by atoms with E-state index in [1.165, 1.54) is 19.3 Å². The highest BCUT2D eigenvalue weighted by Crippen LogP contribution is 2.50. The summed E-state index contributed by atoms with van der Waals surface area (Å²) in [6, 6.07) is 0. The molecule has 2 atom stereocenters.